The summed E-state index contributed by atoms with van der Waals surface area (Å²) in [5.41, 5.74) is 1.02. The average Bonchev–Trinajstić information content (AvgIpc) is 3.08. The van der Waals surface area contributed by atoms with Gasteiger partial charge in [-0.25, -0.2) is 0 Å². The molecule has 0 spiro atoms. The summed E-state index contributed by atoms with van der Waals surface area (Å²) in [6.07, 6.45) is 3.09. The molecule has 1 heterocycles. The number of carbonyl (C=O) groups is 2. The maximum Gasteiger partial charge on any atom is 0.308 e. The zero-order valence-electron chi connectivity index (χ0n) is 15.2. The number of rotatable bonds is 6. The lowest BCUT2D eigenvalue weighted by molar-refractivity contribution is -0.152. The van der Waals surface area contributed by atoms with Crippen LogP contribution in [-0.2, 0) is 14.4 Å². The molecule has 1 amide bonds. The van der Waals surface area contributed by atoms with Gasteiger partial charge in [0.15, 0.2) is 0 Å². The van der Waals surface area contributed by atoms with E-state index in [2.05, 4.69) is 10.5 Å². The zero-order chi connectivity index (χ0) is 20.1. The first-order chi connectivity index (χ1) is 13.4. The van der Waals surface area contributed by atoms with Crippen LogP contribution in [0.25, 0.3) is 6.08 Å². The van der Waals surface area contributed by atoms with E-state index < -0.39 is 23.9 Å². The van der Waals surface area contributed by atoms with Crippen LogP contribution in [0.5, 0.6) is 0 Å². The predicted octanol–water partition coefficient (Wildman–Crippen LogP) is 4.29. The SMILES string of the molecule is Cc1c(Cl)cccc1NC(=O)[C@@]1(CC(=O)O)CC(/C=C/c2ccccc2)=NO1. The minimum absolute atomic E-state index is 0.0497. The summed E-state index contributed by atoms with van der Waals surface area (Å²) in [6.45, 7) is 1.77. The molecule has 6 nitrogen and oxygen atoms in total. The van der Waals surface area contributed by atoms with Crippen LogP contribution in [0.4, 0.5) is 5.69 Å². The first-order valence-corrected chi connectivity index (χ1v) is 9.04. The molecule has 0 radical (unpaired) electrons. The second-order valence-corrected chi connectivity index (χ2v) is 6.93. The van der Waals surface area contributed by atoms with Crippen molar-refractivity contribution >= 4 is 41.0 Å². The van der Waals surface area contributed by atoms with Gasteiger partial charge in [0.25, 0.3) is 5.91 Å². The van der Waals surface area contributed by atoms with Crippen molar-refractivity contribution in [1.29, 1.82) is 0 Å². The monoisotopic (exact) mass is 398 g/mol. The van der Waals surface area contributed by atoms with Crippen LogP contribution in [-0.4, -0.2) is 28.3 Å². The second kappa shape index (κ2) is 8.27. The molecular weight excluding hydrogens is 380 g/mol. The number of halogens is 1. The standard InChI is InChI=1S/C21H19ClN2O4/c1-14-17(22)8-5-9-18(14)23-20(27)21(13-19(25)26)12-16(24-28-21)11-10-15-6-3-2-4-7-15/h2-11H,12-13H2,1H3,(H,23,27)(H,25,26)/b11-10+/t21-/m0/s1. The largest absolute Gasteiger partial charge is 0.481 e. The predicted molar refractivity (Wildman–Crippen MR) is 108 cm³/mol. The molecule has 0 saturated carbocycles. The van der Waals surface area contributed by atoms with Gasteiger partial charge in [-0.05, 0) is 36.3 Å². The number of nitrogens with zero attached hydrogens (tertiary/aromatic N) is 1. The number of anilines is 1. The van der Waals surface area contributed by atoms with Gasteiger partial charge in [-0.1, -0.05) is 59.2 Å². The van der Waals surface area contributed by atoms with Crippen molar-refractivity contribution in [3.05, 3.63) is 70.8 Å². The summed E-state index contributed by atoms with van der Waals surface area (Å²) in [5, 5.41) is 16.5. The Labute approximate surface area is 167 Å². The van der Waals surface area contributed by atoms with Gasteiger partial charge in [-0.3, -0.25) is 9.59 Å². The normalized spacial score (nSPS) is 18.6. The highest BCUT2D eigenvalue weighted by molar-refractivity contribution is 6.31. The van der Waals surface area contributed by atoms with Crippen molar-refractivity contribution in [3.8, 4) is 0 Å². The molecule has 0 aromatic heterocycles. The molecule has 144 valence electrons. The van der Waals surface area contributed by atoms with E-state index in [1.807, 2.05) is 36.4 Å². The van der Waals surface area contributed by atoms with E-state index >= 15 is 0 Å². The Kier molecular flexibility index (Phi) is 5.80. The van der Waals surface area contributed by atoms with Crippen molar-refractivity contribution in [2.24, 2.45) is 5.16 Å². The quantitative estimate of drug-likeness (QED) is 0.759. The fourth-order valence-corrected chi connectivity index (χ4v) is 3.04. The highest BCUT2D eigenvalue weighted by Crippen LogP contribution is 2.31. The number of oxime groups is 1. The van der Waals surface area contributed by atoms with E-state index in [9.17, 15) is 14.7 Å². The maximum atomic E-state index is 12.9. The lowest BCUT2D eigenvalue weighted by Gasteiger charge is -2.24. The Balaban J connectivity index is 1.78. The van der Waals surface area contributed by atoms with Crippen LogP contribution in [0.15, 0.2) is 59.8 Å². The van der Waals surface area contributed by atoms with E-state index in [1.54, 1.807) is 31.2 Å². The minimum Gasteiger partial charge on any atom is -0.481 e. The van der Waals surface area contributed by atoms with Crippen LogP contribution in [0.3, 0.4) is 0 Å². The number of carboxylic acid groups (broad SMARTS) is 1. The van der Waals surface area contributed by atoms with Gasteiger partial charge in [-0.2, -0.15) is 0 Å². The van der Waals surface area contributed by atoms with Gasteiger partial charge in [-0.15, -0.1) is 0 Å². The number of benzene rings is 2. The van der Waals surface area contributed by atoms with Crippen molar-refractivity contribution < 1.29 is 19.5 Å². The Bertz CT molecular complexity index is 956. The number of amides is 1. The number of allylic oxidation sites excluding steroid dienone is 1. The summed E-state index contributed by atoms with van der Waals surface area (Å²) >= 11 is 6.09. The van der Waals surface area contributed by atoms with E-state index in [0.717, 1.165) is 5.56 Å². The third kappa shape index (κ3) is 4.40. The average molecular weight is 399 g/mol. The summed E-state index contributed by atoms with van der Waals surface area (Å²) in [5.74, 6) is -1.73. The first-order valence-electron chi connectivity index (χ1n) is 8.66. The van der Waals surface area contributed by atoms with Crippen LogP contribution < -0.4 is 5.32 Å². The first kappa shape index (κ1) is 19.6. The number of carboxylic acids is 1. The molecule has 2 N–H and O–H groups in total. The van der Waals surface area contributed by atoms with Crippen LogP contribution in [0, 0.1) is 6.92 Å². The van der Waals surface area contributed by atoms with Crippen LogP contribution >= 0.6 is 11.6 Å². The maximum absolute atomic E-state index is 12.9. The summed E-state index contributed by atoms with van der Waals surface area (Å²) in [7, 11) is 0. The molecule has 1 atom stereocenters. The van der Waals surface area contributed by atoms with Gasteiger partial charge >= 0.3 is 5.97 Å². The number of hydrogen-bond donors (Lipinski definition) is 2. The molecule has 0 unspecified atom stereocenters. The summed E-state index contributed by atoms with van der Waals surface area (Å²) in [6, 6.07) is 14.7. The number of nitrogens with one attached hydrogen (secondary N) is 1. The molecule has 7 heteroatoms. The van der Waals surface area contributed by atoms with E-state index in [0.29, 0.717) is 22.0 Å². The third-order valence-electron chi connectivity index (χ3n) is 4.44. The third-order valence-corrected chi connectivity index (χ3v) is 4.85. The van der Waals surface area contributed by atoms with E-state index in [4.69, 9.17) is 16.4 Å². The Morgan fingerprint density at radius 3 is 2.68 bits per heavy atom. The Morgan fingerprint density at radius 1 is 1.21 bits per heavy atom. The Morgan fingerprint density at radius 2 is 1.96 bits per heavy atom. The molecule has 28 heavy (non-hydrogen) atoms. The highest BCUT2D eigenvalue weighted by atomic mass is 35.5. The molecule has 2 aromatic rings. The molecule has 0 aliphatic carbocycles. The lowest BCUT2D eigenvalue weighted by atomic mass is 9.91. The molecule has 1 aliphatic rings. The lowest BCUT2D eigenvalue weighted by Crippen LogP contribution is -2.45. The van der Waals surface area contributed by atoms with Crippen LogP contribution in [0.2, 0.25) is 5.02 Å². The van der Waals surface area contributed by atoms with Gasteiger partial charge in [0.2, 0.25) is 5.60 Å². The molecule has 2 aromatic carbocycles. The van der Waals surface area contributed by atoms with Crippen molar-refractivity contribution in [2.75, 3.05) is 5.32 Å². The van der Waals surface area contributed by atoms with E-state index in [1.165, 1.54) is 0 Å². The minimum atomic E-state index is -1.61. The molecule has 0 fully saturated rings. The fourth-order valence-electron chi connectivity index (χ4n) is 2.87. The van der Waals surface area contributed by atoms with E-state index in [-0.39, 0.29) is 6.42 Å². The number of carbonyl (C=O) groups excluding carboxylic acids is 1. The number of hydrogen-bond acceptors (Lipinski definition) is 4. The second-order valence-electron chi connectivity index (χ2n) is 6.53. The van der Waals surface area contributed by atoms with Gasteiger partial charge in [0, 0.05) is 17.1 Å². The van der Waals surface area contributed by atoms with Crippen molar-refractivity contribution in [3.63, 3.8) is 0 Å². The summed E-state index contributed by atoms with van der Waals surface area (Å²) in [4.78, 5) is 29.7. The number of aliphatic carboxylic acids is 1. The molecular formula is C21H19ClN2O4. The Hall–Kier alpha value is -3.12. The van der Waals surface area contributed by atoms with Crippen molar-refractivity contribution in [1.82, 2.24) is 0 Å². The van der Waals surface area contributed by atoms with Gasteiger partial charge in [0.1, 0.15) is 0 Å². The fraction of sp³-hybridized carbons (Fsp3) is 0.190. The topological polar surface area (TPSA) is 88.0 Å². The van der Waals surface area contributed by atoms with Crippen LogP contribution in [0.1, 0.15) is 24.0 Å². The smallest absolute Gasteiger partial charge is 0.308 e. The molecule has 0 bridgehead atoms. The highest BCUT2D eigenvalue weighted by Gasteiger charge is 2.48. The molecule has 3 rings (SSSR count). The molecule has 1 aliphatic heterocycles. The van der Waals surface area contributed by atoms with Crippen molar-refractivity contribution in [2.45, 2.75) is 25.4 Å². The van der Waals surface area contributed by atoms with Gasteiger partial charge < -0.3 is 15.3 Å². The molecule has 0 saturated heterocycles. The van der Waals surface area contributed by atoms with Gasteiger partial charge in [0.05, 0.1) is 12.1 Å². The summed E-state index contributed by atoms with van der Waals surface area (Å²) < 4.78 is 0. The zero-order valence-corrected chi connectivity index (χ0v) is 15.9.